The van der Waals surface area contributed by atoms with E-state index in [0.29, 0.717) is 0 Å². The van der Waals surface area contributed by atoms with Crippen LogP contribution in [0.4, 0.5) is 4.39 Å². The van der Waals surface area contributed by atoms with E-state index in [4.69, 9.17) is 0 Å². The molecule has 0 aliphatic rings. The summed E-state index contributed by atoms with van der Waals surface area (Å²) in [7, 11) is 0. The molecule has 0 atom stereocenters. The summed E-state index contributed by atoms with van der Waals surface area (Å²) in [5.74, 6) is 0.567. The first-order chi connectivity index (χ1) is 13.4. The van der Waals surface area contributed by atoms with Gasteiger partial charge in [0.2, 0.25) is 0 Å². The van der Waals surface area contributed by atoms with E-state index < -0.39 is 0 Å². The van der Waals surface area contributed by atoms with E-state index in [1.165, 1.54) is 45.5 Å². The van der Waals surface area contributed by atoms with Crippen LogP contribution in [0.25, 0.3) is 28.2 Å². The minimum atomic E-state index is -0.244. The zero-order chi connectivity index (χ0) is 19.8. The first kappa shape index (κ1) is 21.2. The molecule has 1 heterocycles. The van der Waals surface area contributed by atoms with Crippen LogP contribution in [0, 0.1) is 33.5 Å². The van der Waals surface area contributed by atoms with Gasteiger partial charge in [0.25, 0.3) is 0 Å². The second-order valence-corrected chi connectivity index (χ2v) is 7.46. The Bertz CT molecular complexity index is 1120. The molecule has 0 bridgehead atoms. The zero-order valence-corrected chi connectivity index (χ0v) is 19.4. The molecule has 1 aromatic heterocycles. The molecular formula is C25H23FIrN2+3. The summed E-state index contributed by atoms with van der Waals surface area (Å²) in [4.78, 5) is 4.52. The maximum absolute atomic E-state index is 13.3. The molecule has 0 saturated heterocycles. The summed E-state index contributed by atoms with van der Waals surface area (Å²) in [5.41, 5.74) is 9.35. The van der Waals surface area contributed by atoms with Crippen LogP contribution in [0.2, 0.25) is 0 Å². The van der Waals surface area contributed by atoms with E-state index in [2.05, 4.69) is 67.6 Å². The van der Waals surface area contributed by atoms with Crippen molar-refractivity contribution in [3.05, 3.63) is 95.1 Å². The molecule has 146 valence electrons. The molecule has 0 saturated carbocycles. The maximum Gasteiger partial charge on any atom is 3.00 e. The minimum Gasteiger partial charge on any atom is -0.299 e. The number of nitrogens with zero attached hydrogens (tertiary/aromatic N) is 2. The Morgan fingerprint density at radius 1 is 0.724 bits per heavy atom. The van der Waals surface area contributed by atoms with E-state index in [-0.39, 0.29) is 25.9 Å². The molecular weight excluding hydrogens is 540 g/mol. The average Bonchev–Trinajstić information content (AvgIpc) is 3.10. The number of aromatic nitrogens is 2. The van der Waals surface area contributed by atoms with Gasteiger partial charge >= 0.3 is 20.1 Å². The van der Waals surface area contributed by atoms with Crippen LogP contribution in [0.5, 0.6) is 0 Å². The van der Waals surface area contributed by atoms with Crippen molar-refractivity contribution in [1.29, 1.82) is 0 Å². The molecule has 4 aromatic rings. The smallest absolute Gasteiger partial charge is 0.299 e. The van der Waals surface area contributed by atoms with Gasteiger partial charge in [-0.05, 0) is 86.3 Å². The summed E-state index contributed by atoms with van der Waals surface area (Å²) in [6.07, 6.45) is 3.75. The maximum atomic E-state index is 13.3. The summed E-state index contributed by atoms with van der Waals surface area (Å²) in [6, 6.07) is 17.6. The van der Waals surface area contributed by atoms with E-state index >= 15 is 0 Å². The Balaban J connectivity index is 0.00000240. The normalized spacial score (nSPS) is 10.7. The molecule has 3 aromatic carbocycles. The van der Waals surface area contributed by atoms with Gasteiger partial charge in [-0.3, -0.25) is 4.57 Å². The molecule has 0 amide bonds. The molecule has 0 radical (unpaired) electrons. The van der Waals surface area contributed by atoms with Crippen LogP contribution in [0.3, 0.4) is 0 Å². The number of rotatable bonds is 3. The molecule has 0 aliphatic heterocycles. The van der Waals surface area contributed by atoms with Gasteiger partial charge in [0.1, 0.15) is 11.6 Å². The van der Waals surface area contributed by atoms with Crippen LogP contribution >= 0.6 is 0 Å². The van der Waals surface area contributed by atoms with Gasteiger partial charge in [-0.15, -0.1) is 0 Å². The second kappa shape index (κ2) is 8.44. The van der Waals surface area contributed by atoms with Gasteiger partial charge in [-0.25, -0.2) is 9.37 Å². The van der Waals surface area contributed by atoms with Gasteiger partial charge < -0.3 is 0 Å². The van der Waals surface area contributed by atoms with Gasteiger partial charge in [0.05, 0.1) is 5.69 Å². The molecule has 0 spiro atoms. The van der Waals surface area contributed by atoms with Crippen molar-refractivity contribution >= 4 is 0 Å². The number of benzene rings is 3. The third-order valence-corrected chi connectivity index (χ3v) is 5.03. The van der Waals surface area contributed by atoms with E-state index in [1.54, 1.807) is 18.3 Å². The fraction of sp³-hybridized carbons (Fsp3) is 0.160. The number of aryl methyl sites for hydroxylation is 4. The van der Waals surface area contributed by atoms with Crippen LogP contribution in [0.1, 0.15) is 22.3 Å². The van der Waals surface area contributed by atoms with E-state index in [1.807, 2.05) is 6.20 Å². The van der Waals surface area contributed by atoms with Crippen molar-refractivity contribution in [3.63, 3.8) is 0 Å². The molecule has 0 unspecified atom stereocenters. The molecule has 29 heavy (non-hydrogen) atoms. The summed E-state index contributed by atoms with van der Waals surface area (Å²) in [5, 5.41) is 0. The third-order valence-electron chi connectivity index (χ3n) is 5.03. The van der Waals surface area contributed by atoms with Crippen molar-refractivity contribution in [3.8, 4) is 28.2 Å². The largest absolute Gasteiger partial charge is 3.00 e. The molecule has 0 N–H and O–H groups in total. The van der Waals surface area contributed by atoms with Crippen molar-refractivity contribution in [2.24, 2.45) is 0 Å². The quantitative estimate of drug-likeness (QED) is 0.276. The first-order valence-electron chi connectivity index (χ1n) is 9.42. The van der Waals surface area contributed by atoms with Gasteiger partial charge in [-0.1, -0.05) is 29.3 Å². The Kier molecular flexibility index (Phi) is 6.16. The molecule has 0 aliphatic carbocycles. The molecule has 4 heteroatoms. The third kappa shape index (κ3) is 4.24. The zero-order valence-electron chi connectivity index (χ0n) is 17.0. The molecule has 4 rings (SSSR count). The first-order valence-corrected chi connectivity index (χ1v) is 9.42. The van der Waals surface area contributed by atoms with Crippen LogP contribution in [0.15, 0.2) is 67.0 Å². The predicted octanol–water partition coefficient (Wildman–Crippen LogP) is 6.58. The number of hydrogen-bond donors (Lipinski definition) is 0. The van der Waals surface area contributed by atoms with Crippen LogP contribution < -0.4 is 0 Å². The predicted molar refractivity (Wildman–Crippen MR) is 113 cm³/mol. The Hall–Kier alpha value is -2.55. The van der Waals surface area contributed by atoms with Crippen LogP contribution in [-0.2, 0) is 20.1 Å². The summed E-state index contributed by atoms with van der Waals surface area (Å²) < 4.78 is 15.4. The standard InChI is InChI=1S/C25H23FN2.Ir/c1-16-11-17(2)13-21(12-16)22-14-18(3)24(19(4)15-22)28-10-9-27-25(28)20-5-7-23(26)8-6-20;/h5-15H,1-4H3;/q;+3. The fourth-order valence-corrected chi connectivity index (χ4v) is 3.94. The topological polar surface area (TPSA) is 17.8 Å². The Morgan fingerprint density at radius 2 is 1.28 bits per heavy atom. The van der Waals surface area contributed by atoms with Gasteiger partial charge in [-0.2, -0.15) is 0 Å². The number of imidazole rings is 1. The van der Waals surface area contributed by atoms with Gasteiger partial charge in [0, 0.05) is 18.0 Å². The number of hydrogen-bond acceptors (Lipinski definition) is 1. The summed E-state index contributed by atoms with van der Waals surface area (Å²) in [6.45, 7) is 8.52. The Morgan fingerprint density at radius 3 is 1.86 bits per heavy atom. The average molecular weight is 563 g/mol. The monoisotopic (exact) mass is 563 g/mol. The molecule has 2 nitrogen and oxygen atoms in total. The second-order valence-electron chi connectivity index (χ2n) is 7.46. The fourth-order valence-electron chi connectivity index (χ4n) is 3.94. The van der Waals surface area contributed by atoms with Crippen molar-refractivity contribution in [2.75, 3.05) is 0 Å². The van der Waals surface area contributed by atoms with E-state index in [9.17, 15) is 4.39 Å². The number of halogens is 1. The SMILES string of the molecule is Cc1cc(C)cc(-c2cc(C)c(-n3ccnc3-c3ccc(F)cc3)c(C)c2)c1.[Ir+3]. The minimum absolute atomic E-state index is 0. The Labute approximate surface area is 184 Å². The van der Waals surface area contributed by atoms with Crippen molar-refractivity contribution in [2.45, 2.75) is 27.7 Å². The summed E-state index contributed by atoms with van der Waals surface area (Å²) >= 11 is 0. The van der Waals surface area contributed by atoms with Crippen LogP contribution in [-0.4, -0.2) is 9.55 Å². The van der Waals surface area contributed by atoms with Gasteiger partial charge in [0.15, 0.2) is 0 Å². The van der Waals surface area contributed by atoms with Crippen molar-refractivity contribution < 1.29 is 24.5 Å². The van der Waals surface area contributed by atoms with E-state index in [0.717, 1.165) is 17.1 Å². The molecule has 0 fully saturated rings. The van der Waals surface area contributed by atoms with Crippen molar-refractivity contribution in [1.82, 2.24) is 9.55 Å².